The van der Waals surface area contributed by atoms with E-state index in [-0.39, 0.29) is 6.10 Å². The summed E-state index contributed by atoms with van der Waals surface area (Å²) in [6, 6.07) is 0. The third kappa shape index (κ3) is 1.22. The van der Waals surface area contributed by atoms with Gasteiger partial charge in [-0.3, -0.25) is 0 Å². The third-order valence-corrected chi connectivity index (χ3v) is 3.12. The van der Waals surface area contributed by atoms with Crippen molar-refractivity contribution < 1.29 is 5.11 Å². The van der Waals surface area contributed by atoms with Gasteiger partial charge in [-0.1, -0.05) is 19.1 Å². The number of aliphatic hydroxyl groups excluding tert-OH is 1. The van der Waals surface area contributed by atoms with Crippen LogP contribution in [0.1, 0.15) is 26.2 Å². The standard InChI is InChI=1S/C10H16O/c1-7-5-8-3-2-4-9(6-7)10(8)11/h2-3,7-11H,4-6H2,1H3. The maximum atomic E-state index is 9.76. The molecule has 4 atom stereocenters. The van der Waals surface area contributed by atoms with E-state index in [0.29, 0.717) is 11.8 Å². The van der Waals surface area contributed by atoms with Crippen LogP contribution in [-0.2, 0) is 0 Å². The second-order valence-electron chi connectivity index (χ2n) is 4.15. The van der Waals surface area contributed by atoms with Crippen LogP contribution in [0.25, 0.3) is 0 Å². The van der Waals surface area contributed by atoms with Crippen LogP contribution in [0, 0.1) is 17.8 Å². The van der Waals surface area contributed by atoms with E-state index < -0.39 is 0 Å². The molecular formula is C10H16O. The van der Waals surface area contributed by atoms with E-state index in [1.54, 1.807) is 0 Å². The molecule has 0 aromatic heterocycles. The van der Waals surface area contributed by atoms with Gasteiger partial charge < -0.3 is 5.11 Å². The highest BCUT2D eigenvalue weighted by Gasteiger charge is 2.34. The Labute approximate surface area is 68.1 Å². The monoisotopic (exact) mass is 152 g/mol. The largest absolute Gasteiger partial charge is 0.392 e. The van der Waals surface area contributed by atoms with Crippen molar-refractivity contribution >= 4 is 0 Å². The SMILES string of the molecule is CC1CC2C=CCC(C1)C2O. The van der Waals surface area contributed by atoms with E-state index in [1.807, 2.05) is 0 Å². The zero-order chi connectivity index (χ0) is 7.84. The van der Waals surface area contributed by atoms with Crippen molar-refractivity contribution in [2.24, 2.45) is 17.8 Å². The summed E-state index contributed by atoms with van der Waals surface area (Å²) in [5, 5.41) is 9.76. The molecule has 0 amide bonds. The summed E-state index contributed by atoms with van der Waals surface area (Å²) >= 11 is 0. The van der Waals surface area contributed by atoms with E-state index in [0.717, 1.165) is 12.3 Å². The maximum absolute atomic E-state index is 9.76. The normalized spacial score (nSPS) is 49.3. The number of aliphatic hydroxyl groups is 1. The molecule has 0 saturated heterocycles. The van der Waals surface area contributed by atoms with Gasteiger partial charge in [-0.15, -0.1) is 0 Å². The first kappa shape index (κ1) is 7.35. The summed E-state index contributed by atoms with van der Waals surface area (Å²) in [5.41, 5.74) is 0. The summed E-state index contributed by atoms with van der Waals surface area (Å²) in [6.07, 6.45) is 7.93. The topological polar surface area (TPSA) is 20.2 Å². The molecule has 0 aliphatic heterocycles. The highest BCUT2D eigenvalue weighted by atomic mass is 16.3. The molecular weight excluding hydrogens is 136 g/mol. The Kier molecular flexibility index (Phi) is 1.76. The third-order valence-electron chi connectivity index (χ3n) is 3.12. The highest BCUT2D eigenvalue weighted by molar-refractivity contribution is 5.04. The van der Waals surface area contributed by atoms with Crippen LogP contribution in [0.2, 0.25) is 0 Å². The van der Waals surface area contributed by atoms with Crippen molar-refractivity contribution in [2.45, 2.75) is 32.3 Å². The lowest BCUT2D eigenvalue weighted by atomic mass is 9.70. The summed E-state index contributed by atoms with van der Waals surface area (Å²) in [4.78, 5) is 0. The fourth-order valence-electron chi connectivity index (χ4n) is 2.56. The van der Waals surface area contributed by atoms with Gasteiger partial charge in [0.15, 0.2) is 0 Å². The first-order valence-corrected chi connectivity index (χ1v) is 4.62. The lowest BCUT2D eigenvalue weighted by Crippen LogP contribution is -2.37. The minimum absolute atomic E-state index is 0.0313. The van der Waals surface area contributed by atoms with Gasteiger partial charge in [-0.05, 0) is 31.1 Å². The Hall–Kier alpha value is -0.300. The van der Waals surface area contributed by atoms with Gasteiger partial charge >= 0.3 is 0 Å². The molecule has 2 rings (SSSR count). The fraction of sp³-hybridized carbons (Fsp3) is 0.800. The number of allylic oxidation sites excluding steroid dienone is 1. The molecule has 0 radical (unpaired) electrons. The molecule has 11 heavy (non-hydrogen) atoms. The molecule has 1 N–H and O–H groups in total. The minimum Gasteiger partial charge on any atom is -0.392 e. The lowest BCUT2D eigenvalue weighted by molar-refractivity contribution is 0.0133. The lowest BCUT2D eigenvalue weighted by Gasteiger charge is -2.39. The van der Waals surface area contributed by atoms with Crippen molar-refractivity contribution in [3.8, 4) is 0 Å². The zero-order valence-corrected chi connectivity index (χ0v) is 7.03. The quantitative estimate of drug-likeness (QED) is 0.526. The van der Waals surface area contributed by atoms with Gasteiger partial charge in [0.1, 0.15) is 0 Å². The molecule has 2 bridgehead atoms. The van der Waals surface area contributed by atoms with Crippen LogP contribution in [0.5, 0.6) is 0 Å². The molecule has 1 heteroatoms. The minimum atomic E-state index is -0.0313. The van der Waals surface area contributed by atoms with Gasteiger partial charge in [0.25, 0.3) is 0 Å². The highest BCUT2D eigenvalue weighted by Crippen LogP contribution is 2.38. The molecule has 1 fully saturated rings. The average molecular weight is 152 g/mol. The first-order chi connectivity index (χ1) is 5.27. The number of rotatable bonds is 0. The Morgan fingerprint density at radius 1 is 1.36 bits per heavy atom. The predicted octanol–water partition coefficient (Wildman–Crippen LogP) is 1.97. The van der Waals surface area contributed by atoms with Gasteiger partial charge in [0, 0.05) is 5.92 Å². The Balaban J connectivity index is 2.16. The maximum Gasteiger partial charge on any atom is 0.0634 e. The molecule has 2 aliphatic rings. The summed E-state index contributed by atoms with van der Waals surface area (Å²) in [7, 11) is 0. The molecule has 1 saturated carbocycles. The molecule has 4 unspecified atom stereocenters. The average Bonchev–Trinajstić information content (AvgIpc) is 1.92. The van der Waals surface area contributed by atoms with Crippen LogP contribution in [-0.4, -0.2) is 11.2 Å². The smallest absolute Gasteiger partial charge is 0.0634 e. The van der Waals surface area contributed by atoms with Gasteiger partial charge in [0.2, 0.25) is 0 Å². The van der Waals surface area contributed by atoms with E-state index >= 15 is 0 Å². The van der Waals surface area contributed by atoms with Gasteiger partial charge in [-0.25, -0.2) is 0 Å². The number of hydrogen-bond donors (Lipinski definition) is 1. The van der Waals surface area contributed by atoms with Crippen LogP contribution >= 0.6 is 0 Å². The molecule has 0 heterocycles. The van der Waals surface area contributed by atoms with E-state index in [9.17, 15) is 5.11 Å². The van der Waals surface area contributed by atoms with E-state index in [1.165, 1.54) is 12.8 Å². The number of fused-ring (bicyclic) bond motifs is 2. The fourth-order valence-corrected chi connectivity index (χ4v) is 2.56. The van der Waals surface area contributed by atoms with Crippen LogP contribution < -0.4 is 0 Å². The Morgan fingerprint density at radius 3 is 2.91 bits per heavy atom. The van der Waals surface area contributed by atoms with Crippen molar-refractivity contribution in [1.29, 1.82) is 0 Å². The van der Waals surface area contributed by atoms with Gasteiger partial charge in [0.05, 0.1) is 6.10 Å². The first-order valence-electron chi connectivity index (χ1n) is 4.62. The zero-order valence-electron chi connectivity index (χ0n) is 7.03. The van der Waals surface area contributed by atoms with Gasteiger partial charge in [-0.2, -0.15) is 0 Å². The van der Waals surface area contributed by atoms with E-state index in [4.69, 9.17) is 0 Å². The van der Waals surface area contributed by atoms with Crippen molar-refractivity contribution in [1.82, 2.24) is 0 Å². The van der Waals surface area contributed by atoms with Crippen LogP contribution in [0.3, 0.4) is 0 Å². The van der Waals surface area contributed by atoms with Crippen LogP contribution in [0.4, 0.5) is 0 Å². The van der Waals surface area contributed by atoms with Crippen molar-refractivity contribution in [3.05, 3.63) is 12.2 Å². The molecule has 1 nitrogen and oxygen atoms in total. The molecule has 0 spiro atoms. The van der Waals surface area contributed by atoms with Crippen LogP contribution in [0.15, 0.2) is 12.2 Å². The van der Waals surface area contributed by atoms with Crippen molar-refractivity contribution in [2.75, 3.05) is 0 Å². The summed E-state index contributed by atoms with van der Waals surface area (Å²) < 4.78 is 0. The number of hydrogen-bond acceptors (Lipinski definition) is 1. The van der Waals surface area contributed by atoms with Crippen molar-refractivity contribution in [3.63, 3.8) is 0 Å². The molecule has 2 aliphatic carbocycles. The molecule has 0 aromatic rings. The summed E-state index contributed by atoms with van der Waals surface area (Å²) in [6.45, 7) is 2.30. The summed E-state index contributed by atoms with van der Waals surface area (Å²) in [5.74, 6) is 1.85. The molecule has 62 valence electrons. The molecule has 0 aromatic carbocycles. The second-order valence-corrected chi connectivity index (χ2v) is 4.15. The second kappa shape index (κ2) is 2.63. The Morgan fingerprint density at radius 2 is 2.18 bits per heavy atom. The van der Waals surface area contributed by atoms with E-state index in [2.05, 4.69) is 19.1 Å². The Bertz CT molecular complexity index is 174. The predicted molar refractivity (Wildman–Crippen MR) is 45.1 cm³/mol.